The van der Waals surface area contributed by atoms with Crippen molar-refractivity contribution >= 4 is 17.8 Å². The van der Waals surface area contributed by atoms with Crippen LogP contribution in [0.5, 0.6) is 5.75 Å². The van der Waals surface area contributed by atoms with Crippen LogP contribution < -0.4 is 10.1 Å². The molecule has 1 unspecified atom stereocenters. The van der Waals surface area contributed by atoms with Crippen LogP contribution in [0.25, 0.3) is 0 Å². The van der Waals surface area contributed by atoms with Gasteiger partial charge < -0.3 is 19.9 Å². The van der Waals surface area contributed by atoms with E-state index >= 15 is 0 Å². The van der Waals surface area contributed by atoms with Crippen molar-refractivity contribution in [2.45, 2.75) is 39.2 Å². The minimum Gasteiger partial charge on any atom is -0.491 e. The van der Waals surface area contributed by atoms with E-state index in [-0.39, 0.29) is 25.7 Å². The van der Waals surface area contributed by atoms with E-state index in [1.807, 2.05) is 13.8 Å². The fourth-order valence-electron chi connectivity index (χ4n) is 2.04. The lowest BCUT2D eigenvalue weighted by Crippen LogP contribution is -2.32. The topological polar surface area (TPSA) is 102 Å². The van der Waals surface area contributed by atoms with Crippen molar-refractivity contribution in [3.8, 4) is 5.75 Å². The Bertz CT molecular complexity index is 567. The molecule has 0 saturated heterocycles. The van der Waals surface area contributed by atoms with Gasteiger partial charge in [-0.05, 0) is 38.5 Å². The summed E-state index contributed by atoms with van der Waals surface area (Å²) in [6.07, 6.45) is -0.251. The Hall–Kier alpha value is -2.57. The van der Waals surface area contributed by atoms with E-state index in [1.54, 1.807) is 31.2 Å². The lowest BCUT2D eigenvalue weighted by Gasteiger charge is -2.14. The molecule has 0 fully saturated rings. The minimum atomic E-state index is -1.11. The first-order chi connectivity index (χ1) is 11.3. The number of ether oxygens (including phenoxy) is 2. The molecule has 0 radical (unpaired) electrons. The number of carboxylic acids is 1. The van der Waals surface area contributed by atoms with Crippen LogP contribution in [0.2, 0.25) is 0 Å². The average Bonchev–Trinajstić information content (AvgIpc) is 2.51. The van der Waals surface area contributed by atoms with Gasteiger partial charge in [-0.1, -0.05) is 12.1 Å². The highest BCUT2D eigenvalue weighted by atomic mass is 16.5. The second-order valence-corrected chi connectivity index (χ2v) is 5.41. The van der Waals surface area contributed by atoms with Crippen molar-refractivity contribution in [1.82, 2.24) is 5.32 Å². The fourth-order valence-corrected chi connectivity index (χ4v) is 2.04. The maximum atomic E-state index is 11.8. The Morgan fingerprint density at radius 1 is 1.17 bits per heavy atom. The zero-order chi connectivity index (χ0) is 18.1. The zero-order valence-electron chi connectivity index (χ0n) is 14.1. The molecule has 1 aromatic rings. The number of carbonyl (C=O) groups excluding carboxylic acids is 2. The molecule has 0 aliphatic heterocycles. The van der Waals surface area contributed by atoms with Gasteiger partial charge in [0.1, 0.15) is 12.3 Å². The highest BCUT2D eigenvalue weighted by Gasteiger charge is 2.23. The summed E-state index contributed by atoms with van der Waals surface area (Å²) in [5, 5.41) is 11.7. The monoisotopic (exact) mass is 337 g/mol. The molecular formula is C17H23NO6. The molecule has 24 heavy (non-hydrogen) atoms. The average molecular weight is 337 g/mol. The molecule has 0 saturated carbocycles. The van der Waals surface area contributed by atoms with E-state index in [2.05, 4.69) is 5.32 Å². The van der Waals surface area contributed by atoms with Crippen molar-refractivity contribution in [2.24, 2.45) is 0 Å². The van der Waals surface area contributed by atoms with Gasteiger partial charge in [0, 0.05) is 6.42 Å². The number of nitrogens with one attached hydrogen (secondary N) is 1. The highest BCUT2D eigenvalue weighted by Crippen LogP contribution is 2.23. The summed E-state index contributed by atoms with van der Waals surface area (Å²) in [6, 6.07) is 6.58. The molecule has 0 heterocycles. The number of rotatable bonds is 9. The number of esters is 1. The Labute approximate surface area is 141 Å². The molecule has 7 heteroatoms. The van der Waals surface area contributed by atoms with Crippen LogP contribution >= 0.6 is 0 Å². The maximum absolute atomic E-state index is 11.8. The minimum absolute atomic E-state index is 0.0137. The van der Waals surface area contributed by atoms with E-state index in [0.29, 0.717) is 11.3 Å². The molecule has 1 aromatic carbocycles. The summed E-state index contributed by atoms with van der Waals surface area (Å²) in [4.78, 5) is 34.5. The third-order valence-corrected chi connectivity index (χ3v) is 3.08. The van der Waals surface area contributed by atoms with Crippen LogP contribution in [-0.4, -0.2) is 42.2 Å². The molecule has 1 rings (SSSR count). The predicted octanol–water partition coefficient (Wildman–Crippen LogP) is 1.71. The van der Waals surface area contributed by atoms with Crippen LogP contribution in [0.15, 0.2) is 24.3 Å². The summed E-state index contributed by atoms with van der Waals surface area (Å²) >= 11 is 0. The maximum Gasteiger partial charge on any atom is 0.325 e. The van der Waals surface area contributed by atoms with E-state index in [1.165, 1.54) is 0 Å². The molecule has 0 spiro atoms. The van der Waals surface area contributed by atoms with Gasteiger partial charge in [-0.25, -0.2) is 0 Å². The van der Waals surface area contributed by atoms with Gasteiger partial charge in [0.2, 0.25) is 5.91 Å². The second-order valence-electron chi connectivity index (χ2n) is 5.41. The Morgan fingerprint density at radius 3 is 2.29 bits per heavy atom. The normalized spacial score (nSPS) is 11.7. The summed E-state index contributed by atoms with van der Waals surface area (Å²) in [5.74, 6) is -2.57. The number of aliphatic carboxylic acids is 1. The fraction of sp³-hybridized carbons (Fsp3) is 0.471. The van der Waals surface area contributed by atoms with Gasteiger partial charge in [-0.15, -0.1) is 0 Å². The first kappa shape index (κ1) is 19.5. The van der Waals surface area contributed by atoms with E-state index in [0.717, 1.165) is 0 Å². The number of amides is 1. The van der Waals surface area contributed by atoms with Gasteiger partial charge in [0.05, 0.1) is 18.6 Å². The van der Waals surface area contributed by atoms with Crippen molar-refractivity contribution in [3.63, 3.8) is 0 Å². The lowest BCUT2D eigenvalue weighted by molar-refractivity contribution is -0.143. The van der Waals surface area contributed by atoms with Crippen LogP contribution in [0.1, 0.15) is 38.7 Å². The molecule has 132 valence electrons. The number of carboxylic acid groups (broad SMARTS) is 1. The van der Waals surface area contributed by atoms with Gasteiger partial charge in [-0.2, -0.15) is 0 Å². The summed E-state index contributed by atoms with van der Waals surface area (Å²) in [6.45, 7) is 5.38. The third kappa shape index (κ3) is 6.68. The first-order valence-corrected chi connectivity index (χ1v) is 7.75. The number of hydrogen-bond acceptors (Lipinski definition) is 5. The number of hydrogen-bond donors (Lipinski definition) is 2. The van der Waals surface area contributed by atoms with Crippen LogP contribution in [0, 0.1) is 0 Å². The summed E-state index contributed by atoms with van der Waals surface area (Å²) in [7, 11) is 0. The molecule has 1 atom stereocenters. The SMILES string of the molecule is CCOC(=O)CNC(=O)CC(C(=O)O)c1ccc(OC(C)C)cc1. The van der Waals surface area contributed by atoms with Crippen LogP contribution in [0.4, 0.5) is 0 Å². The number of carbonyl (C=O) groups is 3. The van der Waals surface area contributed by atoms with Crippen LogP contribution in [-0.2, 0) is 19.1 Å². The molecule has 2 N–H and O–H groups in total. The van der Waals surface area contributed by atoms with E-state index in [9.17, 15) is 19.5 Å². The molecule has 1 amide bonds. The third-order valence-electron chi connectivity index (χ3n) is 3.08. The van der Waals surface area contributed by atoms with Crippen molar-refractivity contribution in [2.75, 3.05) is 13.2 Å². The Balaban J connectivity index is 2.68. The lowest BCUT2D eigenvalue weighted by atomic mass is 9.95. The van der Waals surface area contributed by atoms with Crippen LogP contribution in [0.3, 0.4) is 0 Å². The highest BCUT2D eigenvalue weighted by molar-refractivity contribution is 5.87. The van der Waals surface area contributed by atoms with E-state index < -0.39 is 23.8 Å². The predicted molar refractivity (Wildman–Crippen MR) is 86.8 cm³/mol. The first-order valence-electron chi connectivity index (χ1n) is 7.75. The molecule has 0 aliphatic rings. The summed E-state index contributed by atoms with van der Waals surface area (Å²) < 4.78 is 10.2. The second kappa shape index (κ2) is 9.54. The van der Waals surface area contributed by atoms with Gasteiger partial charge in [-0.3, -0.25) is 14.4 Å². The largest absolute Gasteiger partial charge is 0.491 e. The van der Waals surface area contributed by atoms with Crippen molar-refractivity contribution in [3.05, 3.63) is 29.8 Å². The number of benzene rings is 1. The Morgan fingerprint density at radius 2 is 1.79 bits per heavy atom. The quantitative estimate of drug-likeness (QED) is 0.665. The van der Waals surface area contributed by atoms with Gasteiger partial charge in [0.15, 0.2) is 0 Å². The molecule has 0 aromatic heterocycles. The van der Waals surface area contributed by atoms with E-state index in [4.69, 9.17) is 9.47 Å². The molecular weight excluding hydrogens is 314 g/mol. The molecule has 7 nitrogen and oxygen atoms in total. The smallest absolute Gasteiger partial charge is 0.325 e. The summed E-state index contributed by atoms with van der Waals surface area (Å²) in [5.41, 5.74) is 0.491. The molecule has 0 bridgehead atoms. The van der Waals surface area contributed by atoms with Gasteiger partial charge in [0.25, 0.3) is 0 Å². The Kier molecular flexibility index (Phi) is 7.74. The van der Waals surface area contributed by atoms with Gasteiger partial charge >= 0.3 is 11.9 Å². The standard InChI is InChI=1S/C17H23NO6/c1-4-23-16(20)10-18-15(19)9-14(17(21)22)12-5-7-13(8-6-12)24-11(2)3/h5-8,11,14H,4,9-10H2,1-3H3,(H,18,19)(H,21,22). The zero-order valence-corrected chi connectivity index (χ0v) is 14.1. The van der Waals surface area contributed by atoms with Crippen molar-refractivity contribution in [1.29, 1.82) is 0 Å². The molecule has 0 aliphatic carbocycles. The van der Waals surface area contributed by atoms with Crippen molar-refractivity contribution < 1.29 is 29.0 Å².